The topological polar surface area (TPSA) is 50.1 Å². The first-order valence-electron chi connectivity index (χ1n) is 11.3. The summed E-state index contributed by atoms with van der Waals surface area (Å²) in [6, 6.07) is 9.25. The summed E-state index contributed by atoms with van der Waals surface area (Å²) in [4.78, 5) is 2.03. The average Bonchev–Trinajstić information content (AvgIpc) is 3.16. The van der Waals surface area contributed by atoms with Gasteiger partial charge in [0.15, 0.2) is 5.69 Å². The maximum Gasteiger partial charge on any atom is 0.392 e. The van der Waals surface area contributed by atoms with Gasteiger partial charge in [-0.1, -0.05) is 15.9 Å². The van der Waals surface area contributed by atoms with Gasteiger partial charge < -0.3 is 15.0 Å². The van der Waals surface area contributed by atoms with Crippen LogP contribution in [0.5, 0.6) is 5.88 Å². The minimum atomic E-state index is -0.186. The highest BCUT2D eigenvalue weighted by molar-refractivity contribution is 9.10. The molecular weight excluding hydrogens is 499 g/mol. The fourth-order valence-electron chi connectivity index (χ4n) is 4.75. The van der Waals surface area contributed by atoms with Gasteiger partial charge >= 0.3 is 11.7 Å². The van der Waals surface area contributed by atoms with Crippen molar-refractivity contribution in [2.24, 2.45) is 14.1 Å². The largest absolute Gasteiger partial charge is 0.446 e. The van der Waals surface area contributed by atoms with E-state index in [1.165, 1.54) is 6.07 Å². The molecule has 0 amide bonds. The molecule has 34 heavy (non-hydrogen) atoms. The number of rotatable bonds is 6. The second-order valence-corrected chi connectivity index (χ2v) is 9.59. The zero-order valence-corrected chi connectivity index (χ0v) is 22.1. The summed E-state index contributed by atoms with van der Waals surface area (Å²) in [6.45, 7) is 2.82. The van der Waals surface area contributed by atoms with Crippen molar-refractivity contribution in [3.05, 3.63) is 63.9 Å². The summed E-state index contributed by atoms with van der Waals surface area (Å²) in [5, 5.41) is 8.10. The van der Waals surface area contributed by atoms with Crippen LogP contribution in [0, 0.1) is 5.82 Å². The number of ether oxygens (including phenoxy) is 1. The maximum atomic E-state index is 14.8. The van der Waals surface area contributed by atoms with Gasteiger partial charge in [-0.05, 0) is 44.0 Å². The third-order valence-electron chi connectivity index (χ3n) is 6.52. The molecule has 1 atom stereocenters. The number of hydrogen-bond acceptors (Lipinski definition) is 4. The fourth-order valence-corrected chi connectivity index (χ4v) is 5.13. The molecule has 0 spiro atoms. The highest BCUT2D eigenvalue weighted by Crippen LogP contribution is 2.35. The first-order chi connectivity index (χ1) is 16.3. The van der Waals surface area contributed by atoms with Crippen LogP contribution < -0.4 is 24.1 Å². The smallest absolute Gasteiger partial charge is 0.392 e. The van der Waals surface area contributed by atoms with Crippen LogP contribution >= 0.6 is 15.9 Å². The van der Waals surface area contributed by atoms with E-state index in [-0.39, 0.29) is 11.7 Å². The molecule has 0 bridgehead atoms. The van der Waals surface area contributed by atoms with Crippen molar-refractivity contribution in [1.82, 2.24) is 15.1 Å². The molecule has 1 aliphatic rings. The lowest BCUT2D eigenvalue weighted by molar-refractivity contribution is -0.697. The zero-order valence-electron chi connectivity index (χ0n) is 20.6. The lowest BCUT2D eigenvalue weighted by atomic mass is 9.90. The Kier molecular flexibility index (Phi) is 6.93. The standard InChI is InChI=1S/C25H32BrFN6O/c1-16(28-2)15-30(3)22-12-11-21(31(4)25(22)34-6)23-29-33-13-7-8-18(24(33)32(23)5)19-14-17(26)9-10-20(19)27/h9-12,14-15,18,28H,7-8,13H2,1-6H3/q+2. The first kappa shape index (κ1) is 24.2. The van der Waals surface area contributed by atoms with Crippen LogP contribution in [0.4, 0.5) is 10.1 Å². The third-order valence-corrected chi connectivity index (χ3v) is 7.01. The number of aryl methyl sites for hydroxylation is 1. The maximum absolute atomic E-state index is 14.8. The van der Waals surface area contributed by atoms with Crippen LogP contribution in [0.15, 0.2) is 46.7 Å². The number of methoxy groups -OCH3 is 1. The van der Waals surface area contributed by atoms with Crippen LogP contribution in [0.25, 0.3) is 11.5 Å². The van der Waals surface area contributed by atoms with Crippen molar-refractivity contribution in [2.75, 3.05) is 26.1 Å². The van der Waals surface area contributed by atoms with Gasteiger partial charge in [0.05, 0.1) is 25.2 Å². The number of nitrogens with one attached hydrogen (secondary N) is 1. The molecule has 0 saturated heterocycles. The number of pyridine rings is 1. The van der Waals surface area contributed by atoms with Gasteiger partial charge in [0.2, 0.25) is 5.82 Å². The van der Waals surface area contributed by atoms with E-state index in [1.807, 2.05) is 67.6 Å². The van der Waals surface area contributed by atoms with E-state index in [0.29, 0.717) is 5.56 Å². The predicted molar refractivity (Wildman–Crippen MR) is 133 cm³/mol. The van der Waals surface area contributed by atoms with Crippen LogP contribution in [0.3, 0.4) is 0 Å². The molecule has 0 aliphatic carbocycles. The van der Waals surface area contributed by atoms with Crippen molar-refractivity contribution >= 4 is 21.6 Å². The molecule has 0 saturated carbocycles. The molecular formula is C25H32BrFN6O+2. The van der Waals surface area contributed by atoms with E-state index >= 15 is 0 Å². The summed E-state index contributed by atoms with van der Waals surface area (Å²) in [5.41, 5.74) is 3.59. The predicted octanol–water partition coefficient (Wildman–Crippen LogP) is 3.55. The molecule has 1 aromatic carbocycles. The van der Waals surface area contributed by atoms with Gasteiger partial charge in [0, 0.05) is 42.1 Å². The quantitative estimate of drug-likeness (QED) is 0.495. The molecule has 1 unspecified atom stereocenters. The number of benzene rings is 1. The number of aromatic nitrogens is 4. The summed E-state index contributed by atoms with van der Waals surface area (Å²) in [7, 11) is 9.55. The fraction of sp³-hybridized carbons (Fsp3) is 0.400. The normalized spacial score (nSPS) is 15.8. The molecule has 7 nitrogen and oxygen atoms in total. The Hall–Kier alpha value is -2.94. The Bertz CT molecular complexity index is 1250. The molecule has 0 fully saturated rings. The number of fused-ring (bicyclic) bond motifs is 1. The summed E-state index contributed by atoms with van der Waals surface area (Å²) < 4.78 is 27.6. The Morgan fingerprint density at radius 2 is 2.06 bits per heavy atom. The van der Waals surface area contributed by atoms with Crippen molar-refractivity contribution in [1.29, 1.82) is 0 Å². The third kappa shape index (κ3) is 4.29. The Balaban J connectivity index is 1.81. The van der Waals surface area contributed by atoms with E-state index in [1.54, 1.807) is 13.2 Å². The van der Waals surface area contributed by atoms with E-state index in [2.05, 4.69) is 31.9 Å². The lowest BCUT2D eigenvalue weighted by Gasteiger charge is -2.20. The highest BCUT2D eigenvalue weighted by Gasteiger charge is 2.39. The van der Waals surface area contributed by atoms with Crippen LogP contribution in [0.2, 0.25) is 0 Å². The van der Waals surface area contributed by atoms with Crippen molar-refractivity contribution < 1.29 is 18.3 Å². The van der Waals surface area contributed by atoms with Gasteiger partial charge in [0.1, 0.15) is 19.4 Å². The van der Waals surface area contributed by atoms with Gasteiger partial charge in [-0.3, -0.25) is 0 Å². The van der Waals surface area contributed by atoms with Gasteiger partial charge in [0.25, 0.3) is 5.69 Å². The lowest BCUT2D eigenvalue weighted by Crippen LogP contribution is -2.42. The van der Waals surface area contributed by atoms with E-state index < -0.39 is 0 Å². The van der Waals surface area contributed by atoms with E-state index in [0.717, 1.165) is 58.5 Å². The average molecular weight is 531 g/mol. The van der Waals surface area contributed by atoms with E-state index in [4.69, 9.17) is 9.84 Å². The number of allylic oxidation sites excluding steroid dienone is 1. The van der Waals surface area contributed by atoms with Gasteiger partial charge in [-0.25, -0.2) is 8.96 Å². The summed E-state index contributed by atoms with van der Waals surface area (Å²) in [6.07, 6.45) is 3.84. The summed E-state index contributed by atoms with van der Waals surface area (Å²) >= 11 is 3.50. The van der Waals surface area contributed by atoms with Crippen molar-refractivity contribution in [2.45, 2.75) is 32.2 Å². The number of hydrogen-bond donors (Lipinski definition) is 1. The molecule has 1 aliphatic heterocycles. The Labute approximate surface area is 208 Å². The molecule has 3 aromatic rings. The van der Waals surface area contributed by atoms with Crippen LogP contribution in [-0.2, 0) is 20.6 Å². The van der Waals surface area contributed by atoms with E-state index in [9.17, 15) is 4.39 Å². The van der Waals surface area contributed by atoms with Crippen molar-refractivity contribution in [3.8, 4) is 17.4 Å². The molecule has 1 N–H and O–H groups in total. The second-order valence-electron chi connectivity index (χ2n) is 8.67. The molecule has 9 heteroatoms. The summed E-state index contributed by atoms with van der Waals surface area (Å²) in [5.74, 6) is 2.29. The Morgan fingerprint density at radius 1 is 1.29 bits per heavy atom. The first-order valence-corrected chi connectivity index (χ1v) is 12.1. The number of anilines is 1. The van der Waals surface area contributed by atoms with Crippen molar-refractivity contribution in [3.63, 3.8) is 0 Å². The molecule has 180 valence electrons. The monoisotopic (exact) mass is 530 g/mol. The van der Waals surface area contributed by atoms with Crippen LogP contribution in [0.1, 0.15) is 37.1 Å². The molecule has 3 heterocycles. The van der Waals surface area contributed by atoms with Gasteiger partial charge in [-0.15, -0.1) is 4.68 Å². The van der Waals surface area contributed by atoms with Crippen LogP contribution in [-0.4, -0.2) is 31.0 Å². The molecule has 2 aromatic heterocycles. The Morgan fingerprint density at radius 3 is 2.76 bits per heavy atom. The number of halogens is 2. The molecule has 0 radical (unpaired) electrons. The SMILES string of the molecule is CNC(C)=CN(C)c1ccc(-c2nn3c([n+]2C)C(c2cc(Br)ccc2F)CCC3)[n+](C)c1OC. The highest BCUT2D eigenvalue weighted by atomic mass is 79.9. The number of nitrogens with zero attached hydrogens (tertiary/aromatic N) is 5. The second kappa shape index (κ2) is 9.74. The minimum absolute atomic E-state index is 0.0650. The zero-order chi connectivity index (χ0) is 24.6. The van der Waals surface area contributed by atoms with Gasteiger partial charge in [-0.2, -0.15) is 4.57 Å². The minimum Gasteiger partial charge on any atom is -0.446 e. The molecule has 4 rings (SSSR count).